The van der Waals surface area contributed by atoms with Crippen LogP contribution in [0, 0.1) is 0 Å². The van der Waals surface area contributed by atoms with Gasteiger partial charge in [0.05, 0.1) is 6.26 Å². The summed E-state index contributed by atoms with van der Waals surface area (Å²) in [6.45, 7) is 0.578. The van der Waals surface area contributed by atoms with E-state index >= 15 is 0 Å². The topological polar surface area (TPSA) is 44.1 Å². The van der Waals surface area contributed by atoms with Crippen LogP contribution in [0.15, 0.2) is 34.9 Å². The number of furan rings is 1. The van der Waals surface area contributed by atoms with Gasteiger partial charge < -0.3 is 14.7 Å². The largest absolute Gasteiger partial charge is 0.469 e. The molecule has 0 spiro atoms. The van der Waals surface area contributed by atoms with Gasteiger partial charge in [0.1, 0.15) is 5.76 Å². The molecular formula is C11H14N2O. The third-order valence-corrected chi connectivity index (χ3v) is 2.47. The lowest BCUT2D eigenvalue weighted by Gasteiger charge is -2.04. The molecule has 0 unspecified atom stereocenters. The molecule has 0 aromatic carbocycles. The summed E-state index contributed by atoms with van der Waals surface area (Å²) in [4.78, 5) is 0. The molecule has 2 heterocycles. The number of nitrogens with zero attached hydrogens (tertiary/aromatic N) is 1. The van der Waals surface area contributed by atoms with Crippen LogP contribution in [-0.2, 0) is 20.0 Å². The standard InChI is InChI=1S/C11H14N2O/c1-13-9(4-5-10(13)8-12)7-11-3-2-6-14-11/h2-6H,7-8,12H2,1H3. The molecule has 0 aliphatic carbocycles. The van der Waals surface area contributed by atoms with E-state index < -0.39 is 0 Å². The summed E-state index contributed by atoms with van der Waals surface area (Å²) in [6, 6.07) is 8.03. The highest BCUT2D eigenvalue weighted by Crippen LogP contribution is 2.12. The number of aromatic nitrogens is 1. The van der Waals surface area contributed by atoms with E-state index in [-0.39, 0.29) is 0 Å². The van der Waals surface area contributed by atoms with Crippen molar-refractivity contribution < 1.29 is 4.42 Å². The van der Waals surface area contributed by atoms with E-state index in [1.165, 1.54) is 5.69 Å². The molecule has 0 aliphatic rings. The van der Waals surface area contributed by atoms with Crippen LogP contribution in [0.4, 0.5) is 0 Å². The average Bonchev–Trinajstić information content (AvgIpc) is 2.79. The molecule has 2 rings (SSSR count). The molecule has 2 aromatic heterocycles. The molecule has 2 N–H and O–H groups in total. The van der Waals surface area contributed by atoms with Gasteiger partial charge in [0, 0.05) is 31.4 Å². The lowest BCUT2D eigenvalue weighted by molar-refractivity contribution is 0.516. The lowest BCUT2D eigenvalue weighted by atomic mass is 10.2. The van der Waals surface area contributed by atoms with Crippen LogP contribution >= 0.6 is 0 Å². The van der Waals surface area contributed by atoms with E-state index in [4.69, 9.17) is 10.2 Å². The van der Waals surface area contributed by atoms with Gasteiger partial charge in [0.15, 0.2) is 0 Å². The average molecular weight is 190 g/mol. The molecule has 0 saturated heterocycles. The highest BCUT2D eigenvalue weighted by molar-refractivity contribution is 5.20. The first kappa shape index (κ1) is 9.09. The van der Waals surface area contributed by atoms with E-state index in [0.29, 0.717) is 6.54 Å². The van der Waals surface area contributed by atoms with Crippen molar-refractivity contribution >= 4 is 0 Å². The Balaban J connectivity index is 2.21. The third kappa shape index (κ3) is 1.59. The van der Waals surface area contributed by atoms with Crippen molar-refractivity contribution in [1.29, 1.82) is 0 Å². The first-order chi connectivity index (χ1) is 6.81. The fraction of sp³-hybridized carbons (Fsp3) is 0.273. The fourth-order valence-corrected chi connectivity index (χ4v) is 1.57. The molecule has 74 valence electrons. The van der Waals surface area contributed by atoms with Crippen molar-refractivity contribution in [3.63, 3.8) is 0 Å². The Kier molecular flexibility index (Phi) is 2.41. The van der Waals surface area contributed by atoms with Crippen LogP contribution in [-0.4, -0.2) is 4.57 Å². The zero-order chi connectivity index (χ0) is 9.97. The van der Waals surface area contributed by atoms with Crippen molar-refractivity contribution in [2.45, 2.75) is 13.0 Å². The predicted molar refractivity (Wildman–Crippen MR) is 54.8 cm³/mol. The maximum atomic E-state index is 5.59. The summed E-state index contributed by atoms with van der Waals surface area (Å²) >= 11 is 0. The Morgan fingerprint density at radius 1 is 1.29 bits per heavy atom. The van der Waals surface area contributed by atoms with Crippen LogP contribution < -0.4 is 5.73 Å². The van der Waals surface area contributed by atoms with Crippen molar-refractivity contribution in [2.75, 3.05) is 0 Å². The molecule has 0 saturated carbocycles. The Hall–Kier alpha value is -1.48. The maximum Gasteiger partial charge on any atom is 0.109 e. The molecule has 0 fully saturated rings. The lowest BCUT2D eigenvalue weighted by Crippen LogP contribution is -2.05. The van der Waals surface area contributed by atoms with Crippen LogP contribution in [0.3, 0.4) is 0 Å². The molecular weight excluding hydrogens is 176 g/mol. The molecule has 0 atom stereocenters. The minimum absolute atomic E-state index is 0.578. The van der Waals surface area contributed by atoms with Gasteiger partial charge in [0.2, 0.25) is 0 Å². The summed E-state index contributed by atoms with van der Waals surface area (Å²) in [5.74, 6) is 0.981. The summed E-state index contributed by atoms with van der Waals surface area (Å²) < 4.78 is 7.40. The van der Waals surface area contributed by atoms with Crippen molar-refractivity contribution in [3.8, 4) is 0 Å². The monoisotopic (exact) mass is 190 g/mol. The maximum absolute atomic E-state index is 5.59. The van der Waals surface area contributed by atoms with Gasteiger partial charge in [-0.25, -0.2) is 0 Å². The van der Waals surface area contributed by atoms with Gasteiger partial charge in [-0.05, 0) is 24.3 Å². The molecule has 0 aliphatic heterocycles. The molecule has 0 amide bonds. The SMILES string of the molecule is Cn1c(CN)ccc1Cc1ccco1. The van der Waals surface area contributed by atoms with Crippen LogP contribution in [0.2, 0.25) is 0 Å². The summed E-state index contributed by atoms with van der Waals surface area (Å²) in [6.07, 6.45) is 2.52. The van der Waals surface area contributed by atoms with Gasteiger partial charge >= 0.3 is 0 Å². The van der Waals surface area contributed by atoms with Crippen molar-refractivity contribution in [1.82, 2.24) is 4.57 Å². The fourth-order valence-electron chi connectivity index (χ4n) is 1.57. The minimum atomic E-state index is 0.578. The Morgan fingerprint density at radius 3 is 2.64 bits per heavy atom. The third-order valence-electron chi connectivity index (χ3n) is 2.47. The molecule has 2 aromatic rings. The molecule has 0 radical (unpaired) electrons. The minimum Gasteiger partial charge on any atom is -0.469 e. The van der Waals surface area contributed by atoms with Crippen LogP contribution in [0.1, 0.15) is 17.1 Å². The van der Waals surface area contributed by atoms with Gasteiger partial charge in [-0.2, -0.15) is 0 Å². The first-order valence-corrected chi connectivity index (χ1v) is 4.67. The van der Waals surface area contributed by atoms with E-state index in [0.717, 1.165) is 17.9 Å². The zero-order valence-electron chi connectivity index (χ0n) is 8.23. The number of hydrogen-bond donors (Lipinski definition) is 1. The second-order valence-corrected chi connectivity index (χ2v) is 3.34. The van der Waals surface area contributed by atoms with Gasteiger partial charge in [-0.1, -0.05) is 0 Å². The smallest absolute Gasteiger partial charge is 0.109 e. The zero-order valence-corrected chi connectivity index (χ0v) is 8.23. The summed E-state index contributed by atoms with van der Waals surface area (Å²) in [7, 11) is 2.03. The first-order valence-electron chi connectivity index (χ1n) is 4.67. The predicted octanol–water partition coefficient (Wildman–Crippen LogP) is 1.67. The Labute approximate surface area is 83.1 Å². The van der Waals surface area contributed by atoms with Gasteiger partial charge in [0.25, 0.3) is 0 Å². The molecule has 0 bridgehead atoms. The Morgan fingerprint density at radius 2 is 2.07 bits per heavy atom. The highest BCUT2D eigenvalue weighted by atomic mass is 16.3. The van der Waals surface area contributed by atoms with E-state index in [1.54, 1.807) is 6.26 Å². The van der Waals surface area contributed by atoms with Crippen LogP contribution in [0.25, 0.3) is 0 Å². The number of nitrogens with two attached hydrogens (primary N) is 1. The normalized spacial score (nSPS) is 10.7. The molecule has 3 nitrogen and oxygen atoms in total. The number of hydrogen-bond acceptors (Lipinski definition) is 2. The van der Waals surface area contributed by atoms with E-state index in [9.17, 15) is 0 Å². The highest BCUT2D eigenvalue weighted by Gasteiger charge is 2.05. The summed E-state index contributed by atoms with van der Waals surface area (Å²) in [5.41, 5.74) is 7.96. The summed E-state index contributed by atoms with van der Waals surface area (Å²) in [5, 5.41) is 0. The quantitative estimate of drug-likeness (QED) is 0.800. The molecule has 3 heteroatoms. The van der Waals surface area contributed by atoms with E-state index in [1.807, 2.05) is 19.2 Å². The van der Waals surface area contributed by atoms with Crippen molar-refractivity contribution in [2.24, 2.45) is 12.8 Å². The second kappa shape index (κ2) is 3.72. The van der Waals surface area contributed by atoms with Gasteiger partial charge in [-0.3, -0.25) is 0 Å². The van der Waals surface area contributed by atoms with Crippen LogP contribution in [0.5, 0.6) is 0 Å². The number of rotatable bonds is 3. The second-order valence-electron chi connectivity index (χ2n) is 3.34. The Bertz CT molecular complexity index is 401. The van der Waals surface area contributed by atoms with E-state index in [2.05, 4.69) is 16.7 Å². The molecule has 14 heavy (non-hydrogen) atoms. The van der Waals surface area contributed by atoms with Crippen molar-refractivity contribution in [3.05, 3.63) is 47.7 Å². The van der Waals surface area contributed by atoms with Gasteiger partial charge in [-0.15, -0.1) is 0 Å².